The van der Waals surface area contributed by atoms with Crippen molar-refractivity contribution < 1.29 is 18.8 Å². The van der Waals surface area contributed by atoms with Crippen molar-refractivity contribution in [1.29, 1.82) is 0 Å². The SMILES string of the molecule is Cc1ccccc1NC(=O)C(C)Sc1cccc(NC(=O)/C(=C/c2ccccc2F)NC(=O)c2ccccc2)c1. The van der Waals surface area contributed by atoms with Gasteiger partial charge in [-0.15, -0.1) is 11.8 Å². The molecule has 0 heterocycles. The van der Waals surface area contributed by atoms with Gasteiger partial charge in [0.15, 0.2) is 0 Å². The molecule has 0 spiro atoms. The molecular weight excluding hydrogens is 525 g/mol. The standard InChI is InChI=1S/C32H28FN3O3S/c1-21-11-6-9-18-28(21)35-30(37)22(2)40-26-16-10-15-25(20-26)34-32(39)29(19-24-14-7-8-17-27(24)33)36-31(38)23-12-4-3-5-13-23/h3-20,22H,1-2H3,(H,34,39)(H,35,37)(H,36,38)/b29-19-. The van der Waals surface area contributed by atoms with E-state index in [1.165, 1.54) is 30.0 Å². The molecule has 0 aromatic heterocycles. The van der Waals surface area contributed by atoms with E-state index in [9.17, 15) is 18.8 Å². The lowest BCUT2D eigenvalue weighted by atomic mass is 10.1. The third-order valence-electron chi connectivity index (χ3n) is 5.91. The monoisotopic (exact) mass is 553 g/mol. The average Bonchev–Trinajstić information content (AvgIpc) is 2.95. The second-order valence-electron chi connectivity index (χ2n) is 8.95. The molecule has 4 aromatic carbocycles. The number of para-hydroxylation sites is 1. The van der Waals surface area contributed by atoms with Crippen LogP contribution in [0.2, 0.25) is 0 Å². The third kappa shape index (κ3) is 7.68. The molecule has 1 unspecified atom stereocenters. The maximum absolute atomic E-state index is 14.4. The van der Waals surface area contributed by atoms with Gasteiger partial charge in [-0.1, -0.05) is 60.7 Å². The highest BCUT2D eigenvalue weighted by molar-refractivity contribution is 8.00. The summed E-state index contributed by atoms with van der Waals surface area (Å²) in [5, 5.41) is 7.91. The van der Waals surface area contributed by atoms with Gasteiger partial charge in [0.2, 0.25) is 5.91 Å². The predicted molar refractivity (Wildman–Crippen MR) is 158 cm³/mol. The second kappa shape index (κ2) is 13.4. The van der Waals surface area contributed by atoms with Gasteiger partial charge in [-0.2, -0.15) is 0 Å². The first kappa shape index (κ1) is 28.3. The molecule has 0 aliphatic rings. The number of rotatable bonds is 9. The van der Waals surface area contributed by atoms with E-state index in [2.05, 4.69) is 16.0 Å². The summed E-state index contributed by atoms with van der Waals surface area (Å²) in [5.74, 6) is -1.80. The number of anilines is 2. The number of aryl methyl sites for hydroxylation is 1. The van der Waals surface area contributed by atoms with Gasteiger partial charge in [-0.3, -0.25) is 14.4 Å². The Bertz CT molecular complexity index is 1560. The van der Waals surface area contributed by atoms with Crippen LogP contribution in [0.5, 0.6) is 0 Å². The third-order valence-corrected chi connectivity index (χ3v) is 7.00. The molecule has 0 saturated heterocycles. The van der Waals surface area contributed by atoms with Crippen LogP contribution in [0.1, 0.15) is 28.4 Å². The van der Waals surface area contributed by atoms with Gasteiger partial charge in [0.05, 0.1) is 5.25 Å². The zero-order valence-electron chi connectivity index (χ0n) is 22.0. The lowest BCUT2D eigenvalue weighted by molar-refractivity contribution is -0.115. The minimum Gasteiger partial charge on any atom is -0.325 e. The number of hydrogen-bond acceptors (Lipinski definition) is 4. The van der Waals surface area contributed by atoms with Crippen molar-refractivity contribution in [2.75, 3.05) is 10.6 Å². The van der Waals surface area contributed by atoms with Gasteiger partial charge in [0.25, 0.3) is 11.8 Å². The molecule has 0 saturated carbocycles. The van der Waals surface area contributed by atoms with Crippen molar-refractivity contribution in [3.63, 3.8) is 0 Å². The molecule has 0 aliphatic heterocycles. The van der Waals surface area contributed by atoms with Crippen molar-refractivity contribution in [3.8, 4) is 0 Å². The van der Waals surface area contributed by atoms with Gasteiger partial charge >= 0.3 is 0 Å². The molecule has 6 nitrogen and oxygen atoms in total. The zero-order chi connectivity index (χ0) is 28.5. The Kier molecular flexibility index (Phi) is 9.48. The molecule has 0 fully saturated rings. The fourth-order valence-electron chi connectivity index (χ4n) is 3.74. The Morgan fingerprint density at radius 2 is 1.52 bits per heavy atom. The van der Waals surface area contributed by atoms with Crippen LogP contribution in [0.4, 0.5) is 15.8 Å². The van der Waals surface area contributed by atoms with E-state index in [1.807, 2.05) is 37.3 Å². The molecule has 3 N–H and O–H groups in total. The number of thioether (sulfide) groups is 1. The molecular formula is C32H28FN3O3S. The molecule has 1 atom stereocenters. The summed E-state index contributed by atoms with van der Waals surface area (Å²) in [6.07, 6.45) is 1.29. The topological polar surface area (TPSA) is 87.3 Å². The summed E-state index contributed by atoms with van der Waals surface area (Å²) >= 11 is 1.34. The molecule has 3 amide bonds. The van der Waals surface area contributed by atoms with Gasteiger partial charge in [0.1, 0.15) is 11.5 Å². The van der Waals surface area contributed by atoms with Gasteiger partial charge in [-0.25, -0.2) is 4.39 Å². The smallest absolute Gasteiger partial charge is 0.272 e. The Labute approximate surface area is 236 Å². The lowest BCUT2D eigenvalue weighted by Crippen LogP contribution is -2.30. The number of carbonyl (C=O) groups excluding carboxylic acids is 3. The molecule has 0 aliphatic carbocycles. The molecule has 0 radical (unpaired) electrons. The molecule has 4 aromatic rings. The highest BCUT2D eigenvalue weighted by Gasteiger charge is 2.18. The fourth-order valence-corrected chi connectivity index (χ4v) is 4.67. The number of nitrogens with one attached hydrogen (secondary N) is 3. The normalized spacial score (nSPS) is 11.8. The van der Waals surface area contributed by atoms with Crippen LogP contribution in [0, 0.1) is 12.7 Å². The number of halogens is 1. The number of amides is 3. The number of benzene rings is 4. The van der Waals surface area contributed by atoms with E-state index in [1.54, 1.807) is 67.6 Å². The number of carbonyl (C=O) groups is 3. The molecule has 202 valence electrons. The highest BCUT2D eigenvalue weighted by atomic mass is 32.2. The van der Waals surface area contributed by atoms with Crippen LogP contribution in [-0.4, -0.2) is 23.0 Å². The van der Waals surface area contributed by atoms with E-state index in [-0.39, 0.29) is 17.2 Å². The van der Waals surface area contributed by atoms with Crippen molar-refractivity contribution in [2.24, 2.45) is 0 Å². The first-order valence-electron chi connectivity index (χ1n) is 12.6. The Hall–Kier alpha value is -4.69. The Morgan fingerprint density at radius 1 is 0.825 bits per heavy atom. The van der Waals surface area contributed by atoms with E-state index in [0.29, 0.717) is 11.3 Å². The predicted octanol–water partition coefficient (Wildman–Crippen LogP) is 6.66. The van der Waals surface area contributed by atoms with Crippen LogP contribution in [0.15, 0.2) is 114 Å². The fraction of sp³-hybridized carbons (Fsp3) is 0.0938. The molecule has 4 rings (SSSR count). The van der Waals surface area contributed by atoms with Crippen molar-refractivity contribution in [3.05, 3.63) is 131 Å². The van der Waals surface area contributed by atoms with Crippen LogP contribution in [0.25, 0.3) is 6.08 Å². The van der Waals surface area contributed by atoms with Crippen molar-refractivity contribution >= 4 is 46.9 Å². The Balaban J connectivity index is 1.49. The first-order chi connectivity index (χ1) is 19.3. The minimum absolute atomic E-state index is 0.122. The Morgan fingerprint density at radius 3 is 2.27 bits per heavy atom. The summed E-state index contributed by atoms with van der Waals surface area (Å²) in [5.41, 5.74) is 2.56. The highest BCUT2D eigenvalue weighted by Crippen LogP contribution is 2.27. The lowest BCUT2D eigenvalue weighted by Gasteiger charge is -2.15. The van der Waals surface area contributed by atoms with Crippen LogP contribution >= 0.6 is 11.8 Å². The minimum atomic E-state index is -0.625. The second-order valence-corrected chi connectivity index (χ2v) is 10.4. The maximum Gasteiger partial charge on any atom is 0.272 e. The summed E-state index contributed by atoms with van der Waals surface area (Å²) in [7, 11) is 0. The van der Waals surface area contributed by atoms with E-state index in [4.69, 9.17) is 0 Å². The van der Waals surface area contributed by atoms with Crippen molar-refractivity contribution in [1.82, 2.24) is 5.32 Å². The van der Waals surface area contributed by atoms with Gasteiger partial charge in [-0.05, 0) is 68.0 Å². The zero-order valence-corrected chi connectivity index (χ0v) is 22.8. The van der Waals surface area contributed by atoms with E-state index < -0.39 is 22.9 Å². The van der Waals surface area contributed by atoms with Gasteiger partial charge in [0, 0.05) is 27.4 Å². The van der Waals surface area contributed by atoms with Gasteiger partial charge < -0.3 is 16.0 Å². The summed E-state index contributed by atoms with van der Waals surface area (Å²) in [6, 6.07) is 29.0. The summed E-state index contributed by atoms with van der Waals surface area (Å²) in [6.45, 7) is 3.73. The summed E-state index contributed by atoms with van der Waals surface area (Å²) in [4.78, 5) is 39.6. The summed E-state index contributed by atoms with van der Waals surface area (Å²) < 4.78 is 14.4. The number of hydrogen-bond donors (Lipinski definition) is 3. The van der Waals surface area contributed by atoms with Crippen LogP contribution in [-0.2, 0) is 9.59 Å². The largest absolute Gasteiger partial charge is 0.325 e. The molecule has 0 bridgehead atoms. The van der Waals surface area contributed by atoms with E-state index >= 15 is 0 Å². The average molecular weight is 554 g/mol. The molecule has 8 heteroatoms. The quantitative estimate of drug-likeness (QED) is 0.160. The van der Waals surface area contributed by atoms with Crippen molar-refractivity contribution in [2.45, 2.75) is 24.0 Å². The maximum atomic E-state index is 14.4. The molecule has 40 heavy (non-hydrogen) atoms. The van der Waals surface area contributed by atoms with E-state index in [0.717, 1.165) is 16.1 Å². The first-order valence-corrected chi connectivity index (χ1v) is 13.5. The van der Waals surface area contributed by atoms with Crippen LogP contribution in [0.3, 0.4) is 0 Å². The van der Waals surface area contributed by atoms with Crippen LogP contribution < -0.4 is 16.0 Å².